The lowest BCUT2D eigenvalue weighted by Crippen LogP contribution is -2.34. The zero-order chi connectivity index (χ0) is 30.9. The molecule has 2 aromatic heterocycles. The molecule has 3 rings (SSSR count). The van der Waals surface area contributed by atoms with E-state index in [2.05, 4.69) is 21.5 Å². The lowest BCUT2D eigenvalue weighted by Gasteiger charge is -2.25. The smallest absolute Gasteiger partial charge is 0.416 e. The van der Waals surface area contributed by atoms with Crippen molar-refractivity contribution in [1.82, 2.24) is 9.55 Å². The van der Waals surface area contributed by atoms with E-state index in [1.54, 1.807) is 13.0 Å². The number of hydrogen-bond donors (Lipinski definition) is 3. The molecule has 3 aromatic rings. The quantitative estimate of drug-likeness (QED) is 0.211. The molecule has 0 atom stereocenters. The van der Waals surface area contributed by atoms with Crippen molar-refractivity contribution in [2.75, 3.05) is 7.05 Å². The first-order valence-electron chi connectivity index (χ1n) is 12.0. The number of aryl methyl sites for hydroxylation is 2. The van der Waals surface area contributed by atoms with Crippen molar-refractivity contribution < 1.29 is 33.2 Å². The van der Waals surface area contributed by atoms with E-state index in [9.17, 15) is 33.3 Å². The highest BCUT2D eigenvalue weighted by Gasteiger charge is 2.36. The minimum Gasteiger partial charge on any atom is -0.434 e. The van der Waals surface area contributed by atoms with Crippen LogP contribution in [0.4, 0.5) is 13.2 Å². The molecule has 0 saturated heterocycles. The predicted molar refractivity (Wildman–Crippen MR) is 149 cm³/mol. The number of ether oxygens (including phenoxy) is 1. The third kappa shape index (κ3) is 6.91. The highest BCUT2D eigenvalue weighted by Crippen LogP contribution is 2.34. The number of hydrogen-bond acceptors (Lipinski definition) is 7. The number of allylic oxidation sites excluding steroid dienone is 1. The highest BCUT2D eigenvalue weighted by atomic mass is 35.5. The van der Waals surface area contributed by atoms with Gasteiger partial charge in [0, 0.05) is 25.0 Å². The van der Waals surface area contributed by atoms with Gasteiger partial charge in [0.25, 0.3) is 5.56 Å². The van der Waals surface area contributed by atoms with E-state index in [0.717, 1.165) is 18.2 Å². The Bertz CT molecular complexity index is 1610. The van der Waals surface area contributed by atoms with Crippen LogP contribution in [0.5, 0.6) is 5.75 Å². The summed E-state index contributed by atoms with van der Waals surface area (Å²) in [5, 5.41) is 30.7. The molecule has 0 saturated carbocycles. The van der Waals surface area contributed by atoms with Crippen LogP contribution in [0.3, 0.4) is 0 Å². The summed E-state index contributed by atoms with van der Waals surface area (Å²) in [4.78, 5) is 26.1. The fraction of sp³-hybridized carbons (Fsp3) is 0.286. The van der Waals surface area contributed by atoms with Crippen LogP contribution in [0.25, 0.3) is 5.69 Å². The number of aromatic nitrogens is 2. The maximum Gasteiger partial charge on any atom is 0.416 e. The first kappa shape index (κ1) is 31.7. The molecule has 0 aliphatic rings. The summed E-state index contributed by atoms with van der Waals surface area (Å²) in [5.74, 6) is -3.60. The molecule has 0 fully saturated rings. The van der Waals surface area contributed by atoms with Crippen molar-refractivity contribution in [3.63, 3.8) is 0 Å². The van der Waals surface area contributed by atoms with E-state index in [0.29, 0.717) is 23.0 Å². The van der Waals surface area contributed by atoms with Gasteiger partial charge in [-0.1, -0.05) is 24.2 Å². The van der Waals surface area contributed by atoms with Crippen LogP contribution in [0.2, 0.25) is 5.02 Å². The summed E-state index contributed by atoms with van der Waals surface area (Å²) in [6.07, 6.45) is -1.84. The van der Waals surface area contributed by atoms with Crippen molar-refractivity contribution in [1.29, 1.82) is 0 Å². The van der Waals surface area contributed by atoms with Crippen LogP contribution in [-0.4, -0.2) is 49.1 Å². The fourth-order valence-corrected chi connectivity index (χ4v) is 4.02. The molecule has 218 valence electrons. The predicted octanol–water partition coefficient (Wildman–Crippen LogP) is 4.47. The summed E-state index contributed by atoms with van der Waals surface area (Å²) in [5.41, 5.74) is -2.23. The number of benzene rings is 1. The minimum atomic E-state index is -4.74. The van der Waals surface area contributed by atoms with Crippen molar-refractivity contribution in [2.45, 2.75) is 45.4 Å². The van der Waals surface area contributed by atoms with Gasteiger partial charge in [-0.3, -0.25) is 19.3 Å². The van der Waals surface area contributed by atoms with Crippen LogP contribution in [0, 0.1) is 13.8 Å². The summed E-state index contributed by atoms with van der Waals surface area (Å²) in [6, 6.07) is 6.04. The van der Waals surface area contributed by atoms with Gasteiger partial charge in [0.05, 0.1) is 28.2 Å². The maximum absolute atomic E-state index is 13.4. The molecule has 41 heavy (non-hydrogen) atoms. The molecule has 9 nitrogen and oxygen atoms in total. The third-order valence-corrected chi connectivity index (χ3v) is 6.22. The van der Waals surface area contributed by atoms with Gasteiger partial charge in [0.2, 0.25) is 0 Å². The van der Waals surface area contributed by atoms with Crippen LogP contribution in [-0.2, 0) is 12.1 Å². The number of rotatable bonds is 7. The van der Waals surface area contributed by atoms with Gasteiger partial charge < -0.3 is 20.1 Å². The van der Waals surface area contributed by atoms with Crippen LogP contribution in [0.1, 0.15) is 41.9 Å². The molecule has 2 heterocycles. The Morgan fingerprint density at radius 1 is 1.12 bits per heavy atom. The molecule has 0 aliphatic carbocycles. The second-order valence-corrected chi connectivity index (χ2v) is 9.93. The zero-order valence-electron chi connectivity index (χ0n) is 22.8. The Labute approximate surface area is 238 Å². The van der Waals surface area contributed by atoms with Crippen molar-refractivity contribution in [2.24, 2.45) is 9.98 Å². The van der Waals surface area contributed by atoms with Gasteiger partial charge >= 0.3 is 12.1 Å². The Morgan fingerprint density at radius 2 is 1.76 bits per heavy atom. The molecule has 0 amide bonds. The summed E-state index contributed by atoms with van der Waals surface area (Å²) in [6.45, 7) is 9.99. The Balaban J connectivity index is 2.09. The number of pyridine rings is 2. The molecule has 0 radical (unpaired) electrons. The maximum atomic E-state index is 13.4. The molecule has 0 unspecified atom stereocenters. The number of nitrogens with zero attached hydrogens (tertiary/aromatic N) is 4. The molecule has 3 N–H and O–H groups in total. The van der Waals surface area contributed by atoms with Gasteiger partial charge in [-0.05, 0) is 63.6 Å². The third-order valence-electron chi connectivity index (χ3n) is 5.87. The molecular weight excluding hydrogens is 565 g/mol. The monoisotopic (exact) mass is 592 g/mol. The Kier molecular flexibility index (Phi) is 8.94. The van der Waals surface area contributed by atoms with E-state index in [1.165, 1.54) is 50.7 Å². The molecule has 0 bridgehead atoms. The summed E-state index contributed by atoms with van der Waals surface area (Å²) >= 11 is 6.28. The van der Waals surface area contributed by atoms with Gasteiger partial charge in [-0.25, -0.2) is 4.99 Å². The van der Waals surface area contributed by atoms with Crippen molar-refractivity contribution >= 4 is 23.1 Å². The standard InChI is InChI=1S/C28H28ClF3N4O5/c1-7-19(35-25(33-6)26(4,5)38)20-13-21(15(2)14-34-20)36-16(3)11-22(23(29)24(36)37)41-28(39,40)18-10-8-9-17(12-18)27(30,31)32/h7-14,38-40H,1H2,2-6H3. The van der Waals surface area contributed by atoms with E-state index in [-0.39, 0.29) is 17.2 Å². The van der Waals surface area contributed by atoms with Crippen molar-refractivity contribution in [3.05, 3.63) is 98.7 Å². The van der Waals surface area contributed by atoms with Gasteiger partial charge in [-0.2, -0.15) is 13.2 Å². The van der Waals surface area contributed by atoms with Crippen LogP contribution in [0.15, 0.2) is 70.0 Å². The van der Waals surface area contributed by atoms with E-state index in [1.807, 2.05) is 0 Å². The average molecular weight is 593 g/mol. The van der Waals surface area contributed by atoms with E-state index in [4.69, 9.17) is 16.3 Å². The van der Waals surface area contributed by atoms with Gasteiger partial charge in [0.15, 0.2) is 11.6 Å². The van der Waals surface area contributed by atoms with E-state index >= 15 is 0 Å². The highest BCUT2D eigenvalue weighted by molar-refractivity contribution is 6.31. The second-order valence-electron chi connectivity index (χ2n) is 9.56. The number of aliphatic hydroxyl groups is 3. The first-order valence-corrected chi connectivity index (χ1v) is 12.4. The van der Waals surface area contributed by atoms with Crippen LogP contribution >= 0.6 is 11.6 Å². The Morgan fingerprint density at radius 3 is 2.32 bits per heavy atom. The molecular formula is C28H28ClF3N4O5. The normalized spacial score (nSPS) is 13.4. The molecule has 13 heteroatoms. The van der Waals surface area contributed by atoms with Crippen molar-refractivity contribution in [3.8, 4) is 11.4 Å². The Hall–Kier alpha value is -3.84. The first-order chi connectivity index (χ1) is 18.9. The second kappa shape index (κ2) is 11.6. The summed E-state index contributed by atoms with van der Waals surface area (Å²) < 4.78 is 45.7. The number of halogens is 4. The summed E-state index contributed by atoms with van der Waals surface area (Å²) in [7, 11) is 1.47. The van der Waals surface area contributed by atoms with Gasteiger partial charge in [0.1, 0.15) is 10.6 Å². The SMILES string of the molecule is C=CC(=NC(=NC)C(C)(C)O)c1cc(-n2c(C)cc(OC(O)(O)c3cccc(C(F)(F)F)c3)c(Cl)c2=O)c(C)cn1. The lowest BCUT2D eigenvalue weighted by molar-refractivity contribution is -0.304. The zero-order valence-corrected chi connectivity index (χ0v) is 23.5. The van der Waals surface area contributed by atoms with Gasteiger partial charge in [-0.15, -0.1) is 0 Å². The number of amidine groups is 1. The number of aliphatic imine (C=N–C) groups is 2. The molecule has 1 aromatic carbocycles. The van der Waals surface area contributed by atoms with E-state index < -0.39 is 45.2 Å². The average Bonchev–Trinajstić information content (AvgIpc) is 2.88. The number of alkyl halides is 3. The molecule has 0 aliphatic heterocycles. The van der Waals surface area contributed by atoms with Crippen LogP contribution < -0.4 is 10.3 Å². The minimum absolute atomic E-state index is 0.117. The topological polar surface area (TPSA) is 130 Å². The fourth-order valence-electron chi connectivity index (χ4n) is 3.84. The lowest BCUT2D eigenvalue weighted by atomic mass is 10.1. The largest absolute Gasteiger partial charge is 0.434 e. The molecule has 0 spiro atoms.